The second kappa shape index (κ2) is 7.68. The fraction of sp³-hybridized carbons (Fsp3) is 0.462. The molecule has 1 aliphatic heterocycles. The Bertz CT molecular complexity index is 416. The van der Waals surface area contributed by atoms with Crippen molar-refractivity contribution in [3.8, 4) is 0 Å². The maximum atomic E-state index is 13.5. The van der Waals surface area contributed by atoms with Gasteiger partial charge in [0.05, 0.1) is 10.6 Å². The van der Waals surface area contributed by atoms with E-state index in [4.69, 9.17) is 11.6 Å². The van der Waals surface area contributed by atoms with Gasteiger partial charge in [0.15, 0.2) is 0 Å². The number of hydrogen-bond donors (Lipinski definition) is 2. The Hall–Kier alpha value is -0.840. The summed E-state index contributed by atoms with van der Waals surface area (Å²) in [6, 6.07) is 4.69. The van der Waals surface area contributed by atoms with Crippen LogP contribution in [0.25, 0.3) is 0 Å². The molecule has 2 rings (SSSR count). The number of halogens is 3. The predicted molar refractivity (Wildman–Crippen MR) is 76.6 cm³/mol. The van der Waals surface area contributed by atoms with E-state index in [1.54, 1.807) is 0 Å². The van der Waals surface area contributed by atoms with Crippen molar-refractivity contribution < 1.29 is 9.18 Å². The largest absolute Gasteiger partial charge is 0.352 e. The molecule has 0 unspecified atom stereocenters. The Balaban J connectivity index is 0.00000180. The van der Waals surface area contributed by atoms with Gasteiger partial charge in [-0.2, -0.15) is 0 Å². The summed E-state index contributed by atoms with van der Waals surface area (Å²) in [7, 11) is 0. The fourth-order valence-electron chi connectivity index (χ4n) is 2.17. The number of carbonyl (C=O) groups is 1. The highest BCUT2D eigenvalue weighted by Gasteiger charge is 2.17. The predicted octanol–water partition coefficient (Wildman–Crippen LogP) is 2.77. The number of rotatable bonds is 4. The highest BCUT2D eigenvalue weighted by molar-refractivity contribution is 6.33. The van der Waals surface area contributed by atoms with E-state index in [1.807, 2.05) is 0 Å². The maximum absolute atomic E-state index is 13.5. The number of benzene rings is 1. The van der Waals surface area contributed by atoms with E-state index in [1.165, 1.54) is 24.6 Å². The summed E-state index contributed by atoms with van der Waals surface area (Å²) in [6.07, 6.45) is 3.17. The number of amides is 1. The normalized spacial score (nSPS) is 17.9. The van der Waals surface area contributed by atoms with Crippen molar-refractivity contribution >= 4 is 29.9 Å². The molecule has 1 aromatic rings. The Morgan fingerprint density at radius 1 is 1.53 bits per heavy atom. The molecule has 1 amide bonds. The summed E-state index contributed by atoms with van der Waals surface area (Å²) in [5, 5.41) is 6.19. The molecule has 0 aromatic heterocycles. The first-order chi connectivity index (χ1) is 8.68. The smallest absolute Gasteiger partial charge is 0.255 e. The molecule has 2 N–H and O–H groups in total. The Kier molecular flexibility index (Phi) is 6.55. The molecule has 1 saturated heterocycles. The minimum Gasteiger partial charge on any atom is -0.352 e. The molecule has 19 heavy (non-hydrogen) atoms. The lowest BCUT2D eigenvalue weighted by atomic mass is 10.1. The van der Waals surface area contributed by atoms with Crippen molar-refractivity contribution in [1.82, 2.24) is 10.6 Å². The van der Waals surface area contributed by atoms with E-state index in [2.05, 4.69) is 10.6 Å². The summed E-state index contributed by atoms with van der Waals surface area (Å²) < 4.78 is 13.5. The Morgan fingerprint density at radius 3 is 2.95 bits per heavy atom. The molecule has 1 aromatic carbocycles. The molecule has 1 atom stereocenters. The lowest BCUT2D eigenvalue weighted by Crippen LogP contribution is -2.31. The van der Waals surface area contributed by atoms with Gasteiger partial charge in [-0.1, -0.05) is 17.7 Å². The van der Waals surface area contributed by atoms with Gasteiger partial charge in [0, 0.05) is 12.6 Å². The van der Waals surface area contributed by atoms with Gasteiger partial charge in [-0.05, 0) is 37.9 Å². The molecule has 0 spiro atoms. The topological polar surface area (TPSA) is 41.1 Å². The summed E-state index contributed by atoms with van der Waals surface area (Å²) >= 11 is 5.82. The second-order valence-corrected chi connectivity index (χ2v) is 4.84. The van der Waals surface area contributed by atoms with Crippen molar-refractivity contribution in [2.75, 3.05) is 13.1 Å². The summed E-state index contributed by atoms with van der Waals surface area (Å²) in [4.78, 5) is 11.8. The standard InChI is InChI=1S/C13H16ClFN2O.ClH/c14-10-4-1-5-11(15)12(10)13(18)17-8-6-9-3-2-7-16-9;/h1,4-5,9,16H,2-3,6-8H2,(H,17,18);1H/t9-;/m1./s1. The molecule has 6 heteroatoms. The molecular weight excluding hydrogens is 290 g/mol. The molecule has 0 saturated carbocycles. The van der Waals surface area contributed by atoms with E-state index in [9.17, 15) is 9.18 Å². The number of carbonyl (C=O) groups excluding carboxylic acids is 1. The van der Waals surface area contributed by atoms with Crippen LogP contribution in [0, 0.1) is 5.82 Å². The molecule has 3 nitrogen and oxygen atoms in total. The molecule has 0 aliphatic carbocycles. The van der Waals surface area contributed by atoms with Gasteiger partial charge in [0.25, 0.3) is 5.91 Å². The van der Waals surface area contributed by atoms with Gasteiger partial charge < -0.3 is 10.6 Å². The van der Waals surface area contributed by atoms with Crippen LogP contribution in [-0.2, 0) is 0 Å². The average Bonchev–Trinajstić information content (AvgIpc) is 2.82. The van der Waals surface area contributed by atoms with Crippen LogP contribution in [0.4, 0.5) is 4.39 Å². The molecule has 0 bridgehead atoms. The van der Waals surface area contributed by atoms with Crippen LogP contribution in [0.15, 0.2) is 18.2 Å². The van der Waals surface area contributed by atoms with Gasteiger partial charge in [0.2, 0.25) is 0 Å². The monoisotopic (exact) mass is 306 g/mol. The molecular formula is C13H17Cl2FN2O. The van der Waals surface area contributed by atoms with E-state index in [-0.39, 0.29) is 23.0 Å². The van der Waals surface area contributed by atoms with Crippen LogP contribution in [-0.4, -0.2) is 25.0 Å². The van der Waals surface area contributed by atoms with Gasteiger partial charge in [-0.25, -0.2) is 4.39 Å². The fourth-order valence-corrected chi connectivity index (χ4v) is 2.41. The zero-order valence-electron chi connectivity index (χ0n) is 10.4. The van der Waals surface area contributed by atoms with E-state index in [0.717, 1.165) is 19.4 Å². The van der Waals surface area contributed by atoms with Crippen LogP contribution in [0.3, 0.4) is 0 Å². The van der Waals surface area contributed by atoms with Crippen LogP contribution in [0.2, 0.25) is 5.02 Å². The SMILES string of the molecule is Cl.O=C(NCC[C@H]1CCCN1)c1c(F)cccc1Cl. The maximum Gasteiger partial charge on any atom is 0.255 e. The first-order valence-corrected chi connectivity index (χ1v) is 6.52. The Labute approximate surface area is 123 Å². The molecule has 0 radical (unpaired) electrons. The minimum atomic E-state index is -0.584. The quantitative estimate of drug-likeness (QED) is 0.898. The first kappa shape index (κ1) is 16.2. The van der Waals surface area contributed by atoms with Gasteiger partial charge >= 0.3 is 0 Å². The van der Waals surface area contributed by atoms with Crippen LogP contribution < -0.4 is 10.6 Å². The third-order valence-corrected chi connectivity index (χ3v) is 3.45. The zero-order valence-corrected chi connectivity index (χ0v) is 12.0. The minimum absolute atomic E-state index is 0. The lowest BCUT2D eigenvalue weighted by molar-refractivity contribution is 0.0948. The average molecular weight is 307 g/mol. The van der Waals surface area contributed by atoms with Gasteiger partial charge in [0.1, 0.15) is 5.82 Å². The van der Waals surface area contributed by atoms with Crippen LogP contribution in [0.5, 0.6) is 0 Å². The van der Waals surface area contributed by atoms with Crippen molar-refractivity contribution in [2.24, 2.45) is 0 Å². The third-order valence-electron chi connectivity index (χ3n) is 3.13. The summed E-state index contributed by atoms with van der Waals surface area (Å²) in [6.45, 7) is 1.57. The Morgan fingerprint density at radius 2 is 2.32 bits per heavy atom. The highest BCUT2D eigenvalue weighted by Crippen LogP contribution is 2.18. The van der Waals surface area contributed by atoms with Crippen molar-refractivity contribution in [2.45, 2.75) is 25.3 Å². The summed E-state index contributed by atoms with van der Waals surface area (Å²) in [5.41, 5.74) is -0.0708. The van der Waals surface area contributed by atoms with Gasteiger partial charge in [-0.15, -0.1) is 12.4 Å². The number of hydrogen-bond acceptors (Lipinski definition) is 2. The van der Waals surface area contributed by atoms with Crippen molar-refractivity contribution in [1.29, 1.82) is 0 Å². The van der Waals surface area contributed by atoms with E-state index >= 15 is 0 Å². The number of nitrogens with one attached hydrogen (secondary N) is 2. The lowest BCUT2D eigenvalue weighted by Gasteiger charge is -2.11. The van der Waals surface area contributed by atoms with Crippen LogP contribution in [0.1, 0.15) is 29.6 Å². The highest BCUT2D eigenvalue weighted by atomic mass is 35.5. The third kappa shape index (κ3) is 4.34. The zero-order chi connectivity index (χ0) is 13.0. The molecule has 106 valence electrons. The van der Waals surface area contributed by atoms with Crippen LogP contribution >= 0.6 is 24.0 Å². The molecule has 1 heterocycles. The molecule has 1 aliphatic rings. The van der Waals surface area contributed by atoms with Crippen molar-refractivity contribution in [3.05, 3.63) is 34.6 Å². The van der Waals surface area contributed by atoms with E-state index in [0.29, 0.717) is 12.6 Å². The first-order valence-electron chi connectivity index (χ1n) is 6.14. The van der Waals surface area contributed by atoms with Gasteiger partial charge in [-0.3, -0.25) is 4.79 Å². The van der Waals surface area contributed by atoms with Crippen molar-refractivity contribution in [3.63, 3.8) is 0 Å². The second-order valence-electron chi connectivity index (χ2n) is 4.43. The summed E-state index contributed by atoms with van der Waals surface area (Å²) in [5.74, 6) is -1.03. The van der Waals surface area contributed by atoms with E-state index < -0.39 is 11.7 Å². The molecule has 1 fully saturated rings.